The monoisotopic (exact) mass is 537 g/mol. The normalized spacial score (nSPS) is 23.4. The van der Waals surface area contributed by atoms with Crippen LogP contribution in [0, 0.1) is 16.2 Å². The first-order valence-electron chi connectivity index (χ1n) is 10.7. The average molecular weight is 538 g/mol. The number of benzene rings is 1. The van der Waals surface area contributed by atoms with Crippen LogP contribution >= 0.6 is 11.6 Å². The van der Waals surface area contributed by atoms with E-state index in [1.807, 2.05) is 0 Å². The van der Waals surface area contributed by atoms with Crippen LogP contribution in [0.3, 0.4) is 0 Å². The quantitative estimate of drug-likeness (QED) is 0.295. The van der Waals surface area contributed by atoms with Crippen LogP contribution in [0.25, 0.3) is 0 Å². The average Bonchev–Trinajstić information content (AvgIpc) is 3.23. The van der Waals surface area contributed by atoms with Gasteiger partial charge in [-0.05, 0) is 50.5 Å². The van der Waals surface area contributed by atoms with E-state index in [1.54, 1.807) is 6.07 Å². The summed E-state index contributed by atoms with van der Waals surface area (Å²) in [6.07, 6.45) is -5.77. The molecule has 2 unspecified atom stereocenters. The molecule has 0 radical (unpaired) electrons. The summed E-state index contributed by atoms with van der Waals surface area (Å²) in [5, 5.41) is 14.1. The molecule has 15 heteroatoms. The lowest BCUT2D eigenvalue weighted by atomic mass is 10.1. The fraction of sp³-hybridized carbons (Fsp3) is 0.600. The minimum absolute atomic E-state index is 0.0703. The number of rotatable bonds is 7. The van der Waals surface area contributed by atoms with Crippen LogP contribution in [-0.2, 0) is 19.6 Å². The number of hydrogen-bond acceptors (Lipinski definition) is 8. The van der Waals surface area contributed by atoms with Crippen LogP contribution in [-0.4, -0.2) is 72.3 Å². The molecule has 0 bridgehead atoms. The van der Waals surface area contributed by atoms with E-state index in [0.29, 0.717) is 5.02 Å². The van der Waals surface area contributed by atoms with Crippen LogP contribution < -0.4 is 0 Å². The van der Waals surface area contributed by atoms with E-state index in [1.165, 1.54) is 40.4 Å². The van der Waals surface area contributed by atoms with E-state index in [9.17, 15) is 36.6 Å². The molecule has 1 aromatic rings. The Labute approximate surface area is 205 Å². The van der Waals surface area contributed by atoms with Crippen molar-refractivity contribution in [2.75, 3.05) is 19.6 Å². The number of nitrogens with zero attached hydrogens (tertiary/aromatic N) is 5. The highest BCUT2D eigenvalue weighted by molar-refractivity contribution is 7.89. The van der Waals surface area contributed by atoms with Crippen molar-refractivity contribution < 1.29 is 31.1 Å². The Morgan fingerprint density at radius 1 is 1.29 bits per heavy atom. The maximum Gasteiger partial charge on any atom is 0.491 e. The predicted molar refractivity (Wildman–Crippen MR) is 117 cm³/mol. The van der Waals surface area contributed by atoms with Gasteiger partial charge in [0.1, 0.15) is 12.2 Å². The van der Waals surface area contributed by atoms with Crippen molar-refractivity contribution in [3.8, 4) is 6.07 Å². The number of nitriles is 1. The van der Waals surface area contributed by atoms with Gasteiger partial charge >= 0.3 is 12.1 Å². The van der Waals surface area contributed by atoms with Crippen molar-refractivity contribution >= 4 is 27.6 Å². The molecule has 0 N–H and O–H groups in total. The van der Waals surface area contributed by atoms with E-state index in [-0.39, 0.29) is 50.2 Å². The fourth-order valence-corrected chi connectivity index (χ4v) is 6.05. The number of sulfonamides is 1. The van der Waals surface area contributed by atoms with Crippen molar-refractivity contribution in [2.24, 2.45) is 5.29 Å². The van der Waals surface area contributed by atoms with Crippen molar-refractivity contribution in [1.29, 1.82) is 5.26 Å². The third-order valence-corrected chi connectivity index (χ3v) is 8.39. The fourth-order valence-electron chi connectivity index (χ4n) is 4.45. The Morgan fingerprint density at radius 2 is 1.89 bits per heavy atom. The van der Waals surface area contributed by atoms with Gasteiger partial charge in [0.05, 0.1) is 16.2 Å². The Bertz CT molecular complexity index is 1090. The summed E-state index contributed by atoms with van der Waals surface area (Å²) in [5.74, 6) is -2.50. The number of hydrogen-bond donors (Lipinski definition) is 0. The van der Waals surface area contributed by atoms with Crippen molar-refractivity contribution in [2.45, 2.75) is 61.6 Å². The number of carbonyl (C=O) groups excluding carboxylic acids is 1. The number of piperidine rings is 1. The van der Waals surface area contributed by atoms with Crippen LogP contribution in [0.4, 0.5) is 13.2 Å². The summed E-state index contributed by atoms with van der Waals surface area (Å²) >= 11 is 5.82. The molecule has 0 aliphatic carbocycles. The smallest absolute Gasteiger partial charge is 0.423 e. The van der Waals surface area contributed by atoms with Gasteiger partial charge in [-0.1, -0.05) is 11.6 Å². The molecule has 2 aliphatic heterocycles. The summed E-state index contributed by atoms with van der Waals surface area (Å²) in [5.41, 5.74) is -2.20. The summed E-state index contributed by atoms with van der Waals surface area (Å²) in [4.78, 5) is 24.5. The highest BCUT2D eigenvalue weighted by Gasteiger charge is 2.54. The number of nitroso groups, excluding NO2 is 1. The van der Waals surface area contributed by atoms with Gasteiger partial charge in [-0.25, -0.2) is 23.1 Å². The zero-order chi connectivity index (χ0) is 26.0. The molecule has 0 spiro atoms. The van der Waals surface area contributed by atoms with E-state index < -0.39 is 40.1 Å². The lowest BCUT2D eigenvalue weighted by Gasteiger charge is -2.43. The number of ether oxygens (including phenoxy) is 1. The molecule has 192 valence electrons. The number of alkyl halides is 3. The number of halogens is 4. The second kappa shape index (κ2) is 10.3. The van der Waals surface area contributed by atoms with E-state index in [2.05, 4.69) is 10.0 Å². The molecule has 2 saturated heterocycles. The Kier molecular flexibility index (Phi) is 7.95. The first kappa shape index (κ1) is 27.1. The third kappa shape index (κ3) is 5.53. The SMILES string of the molecule is CC(N(N=O)C1CCN(S(=O)(=O)c2ccc(Cl)cc2)CC1)N1CCCC1(C#N)OC(=O)C(F)(F)F. The van der Waals surface area contributed by atoms with Gasteiger partial charge < -0.3 is 4.74 Å². The van der Waals surface area contributed by atoms with Crippen molar-refractivity contribution in [3.05, 3.63) is 34.2 Å². The lowest BCUT2D eigenvalue weighted by Crippen LogP contribution is -2.58. The lowest BCUT2D eigenvalue weighted by molar-refractivity contribution is -0.224. The maximum atomic E-state index is 12.9. The molecule has 10 nitrogen and oxygen atoms in total. The van der Waals surface area contributed by atoms with Crippen LogP contribution in [0.2, 0.25) is 5.02 Å². The summed E-state index contributed by atoms with van der Waals surface area (Å²) < 4.78 is 70.0. The largest absolute Gasteiger partial charge is 0.491 e. The van der Waals surface area contributed by atoms with Gasteiger partial charge in [-0.3, -0.25) is 0 Å². The maximum absolute atomic E-state index is 12.9. The molecular weight excluding hydrogens is 515 g/mol. The second-order valence-electron chi connectivity index (χ2n) is 8.26. The molecule has 0 aromatic heterocycles. The van der Waals surface area contributed by atoms with Crippen LogP contribution in [0.5, 0.6) is 0 Å². The van der Waals surface area contributed by atoms with Crippen LogP contribution in [0.1, 0.15) is 32.6 Å². The zero-order valence-corrected chi connectivity index (χ0v) is 20.2. The molecule has 3 rings (SSSR count). The molecule has 2 heterocycles. The summed E-state index contributed by atoms with van der Waals surface area (Å²) in [6.45, 7) is 1.70. The topological polar surface area (TPSA) is 123 Å². The second-order valence-corrected chi connectivity index (χ2v) is 10.6. The first-order valence-corrected chi connectivity index (χ1v) is 12.5. The van der Waals surface area contributed by atoms with Crippen molar-refractivity contribution in [1.82, 2.24) is 14.2 Å². The number of carbonyl (C=O) groups is 1. The Balaban J connectivity index is 1.72. The Morgan fingerprint density at radius 3 is 2.40 bits per heavy atom. The van der Waals surface area contributed by atoms with Gasteiger partial charge in [-0.2, -0.15) is 22.7 Å². The van der Waals surface area contributed by atoms with Crippen LogP contribution in [0.15, 0.2) is 34.4 Å². The first-order chi connectivity index (χ1) is 16.4. The van der Waals surface area contributed by atoms with Gasteiger partial charge in [0.2, 0.25) is 10.0 Å². The van der Waals surface area contributed by atoms with E-state index >= 15 is 0 Å². The summed E-state index contributed by atoms with van der Waals surface area (Å²) in [6, 6.07) is 6.82. The predicted octanol–water partition coefficient (Wildman–Crippen LogP) is 3.24. The summed E-state index contributed by atoms with van der Waals surface area (Å²) in [7, 11) is -3.79. The standard InChI is InChI=1S/C20H23ClF3N5O5S/c1-14(28-10-2-9-19(28,13-25)34-18(30)20(22,23)24)29(26-31)16-7-11-27(12-8-16)35(32,33)17-5-3-15(21)4-6-17/h3-6,14,16H,2,7-12H2,1H3. The number of likely N-dealkylation sites (tertiary alicyclic amines) is 1. The molecule has 35 heavy (non-hydrogen) atoms. The van der Waals surface area contributed by atoms with Crippen molar-refractivity contribution in [3.63, 3.8) is 0 Å². The van der Waals surface area contributed by atoms with E-state index in [4.69, 9.17) is 11.6 Å². The van der Waals surface area contributed by atoms with Gasteiger partial charge in [-0.15, -0.1) is 4.91 Å². The molecular formula is C20H23ClF3N5O5S. The highest BCUT2D eigenvalue weighted by atomic mass is 35.5. The Hall–Kier alpha value is -2.47. The zero-order valence-electron chi connectivity index (χ0n) is 18.6. The molecule has 0 saturated carbocycles. The van der Waals surface area contributed by atoms with Gasteiger partial charge in [0.25, 0.3) is 5.72 Å². The highest BCUT2D eigenvalue weighted by Crippen LogP contribution is 2.36. The molecule has 2 atom stereocenters. The molecule has 2 fully saturated rings. The van der Waals surface area contributed by atoms with E-state index in [0.717, 1.165) is 5.01 Å². The number of esters is 1. The molecule has 0 amide bonds. The van der Waals surface area contributed by atoms with Gasteiger partial charge in [0.15, 0.2) is 0 Å². The minimum Gasteiger partial charge on any atom is -0.423 e. The molecule has 1 aromatic carbocycles. The van der Waals surface area contributed by atoms with Gasteiger partial charge in [0, 0.05) is 31.1 Å². The third-order valence-electron chi connectivity index (χ3n) is 6.22. The minimum atomic E-state index is -5.29. The molecule has 2 aliphatic rings.